The maximum atomic E-state index is 12.2. The number of morpholine rings is 1. The van der Waals surface area contributed by atoms with Crippen molar-refractivity contribution >= 4 is 5.91 Å². The number of fused-ring (bicyclic) bond motifs is 1. The lowest BCUT2D eigenvalue weighted by molar-refractivity contribution is -0.135. The molecule has 1 saturated carbocycles. The van der Waals surface area contributed by atoms with Gasteiger partial charge in [0.25, 0.3) is 0 Å². The number of carbonyl (C=O) groups excluding carboxylic acids is 1. The first-order valence-corrected chi connectivity index (χ1v) is 6.44. The first-order chi connectivity index (χ1) is 7.84. The number of hydrogen-bond acceptors (Lipinski definition) is 3. The fourth-order valence-corrected chi connectivity index (χ4v) is 3.36. The second kappa shape index (κ2) is 4.34. The number of ether oxygens (including phenoxy) is 1. The summed E-state index contributed by atoms with van der Waals surface area (Å²) in [6.45, 7) is 4.06. The molecule has 0 aromatic heterocycles. The molecule has 3 aliphatic rings. The molecule has 4 heteroatoms. The Balaban J connectivity index is 1.59. The van der Waals surface area contributed by atoms with Crippen LogP contribution in [0.4, 0.5) is 0 Å². The lowest BCUT2D eigenvalue weighted by Crippen LogP contribution is -2.52. The third-order valence-electron chi connectivity index (χ3n) is 4.26. The highest BCUT2D eigenvalue weighted by Crippen LogP contribution is 2.37. The Morgan fingerprint density at radius 3 is 2.62 bits per heavy atom. The normalized spacial score (nSPS) is 38.8. The van der Waals surface area contributed by atoms with E-state index in [0.717, 1.165) is 38.1 Å². The number of carbonyl (C=O) groups is 1. The van der Waals surface area contributed by atoms with Gasteiger partial charge in [-0.15, -0.1) is 0 Å². The van der Waals surface area contributed by atoms with Crippen LogP contribution in [0.5, 0.6) is 0 Å². The minimum Gasteiger partial charge on any atom is -0.378 e. The van der Waals surface area contributed by atoms with Gasteiger partial charge in [0.15, 0.2) is 0 Å². The van der Waals surface area contributed by atoms with Crippen molar-refractivity contribution in [3.05, 3.63) is 0 Å². The highest BCUT2D eigenvalue weighted by atomic mass is 16.5. The molecule has 0 aromatic rings. The summed E-state index contributed by atoms with van der Waals surface area (Å²) in [4.78, 5) is 14.3. The monoisotopic (exact) mass is 224 g/mol. The summed E-state index contributed by atoms with van der Waals surface area (Å²) < 4.78 is 5.35. The van der Waals surface area contributed by atoms with Crippen LogP contribution in [-0.2, 0) is 9.53 Å². The molecule has 1 amide bonds. The number of rotatable bonds is 1. The van der Waals surface area contributed by atoms with Crippen molar-refractivity contribution in [2.24, 2.45) is 11.8 Å². The lowest BCUT2D eigenvalue weighted by Gasteiger charge is -2.27. The van der Waals surface area contributed by atoms with E-state index in [2.05, 4.69) is 10.2 Å². The van der Waals surface area contributed by atoms with Gasteiger partial charge in [0.2, 0.25) is 5.91 Å². The van der Waals surface area contributed by atoms with Crippen molar-refractivity contribution in [3.8, 4) is 0 Å². The summed E-state index contributed by atoms with van der Waals surface area (Å²) in [6.07, 6.45) is 4.01. The van der Waals surface area contributed by atoms with Crippen LogP contribution in [0, 0.1) is 11.8 Å². The Bertz CT molecular complexity index is 264. The molecule has 3 unspecified atom stereocenters. The number of nitrogens with one attached hydrogen (secondary N) is 1. The van der Waals surface area contributed by atoms with Crippen molar-refractivity contribution in [2.75, 3.05) is 32.8 Å². The second-order valence-corrected chi connectivity index (χ2v) is 5.28. The Kier molecular flexibility index (Phi) is 2.86. The number of nitrogens with zero attached hydrogens (tertiary/aromatic N) is 1. The fraction of sp³-hybridized carbons (Fsp3) is 0.917. The van der Waals surface area contributed by atoms with E-state index < -0.39 is 0 Å². The average Bonchev–Trinajstić information content (AvgIpc) is 2.89. The summed E-state index contributed by atoms with van der Waals surface area (Å²) in [7, 11) is 0. The van der Waals surface area contributed by atoms with E-state index in [1.165, 1.54) is 19.3 Å². The van der Waals surface area contributed by atoms with Crippen molar-refractivity contribution in [3.63, 3.8) is 0 Å². The molecule has 4 nitrogen and oxygen atoms in total. The van der Waals surface area contributed by atoms with E-state index in [0.29, 0.717) is 6.61 Å². The largest absolute Gasteiger partial charge is 0.378 e. The Labute approximate surface area is 96.3 Å². The zero-order valence-corrected chi connectivity index (χ0v) is 9.65. The van der Waals surface area contributed by atoms with Gasteiger partial charge in [0.1, 0.15) is 6.04 Å². The van der Waals surface area contributed by atoms with Crippen LogP contribution in [0.1, 0.15) is 19.3 Å². The van der Waals surface area contributed by atoms with Crippen molar-refractivity contribution < 1.29 is 9.53 Å². The Hall–Kier alpha value is -0.610. The van der Waals surface area contributed by atoms with Crippen molar-refractivity contribution in [2.45, 2.75) is 25.3 Å². The van der Waals surface area contributed by atoms with Gasteiger partial charge >= 0.3 is 0 Å². The van der Waals surface area contributed by atoms with Gasteiger partial charge in [-0.05, 0) is 24.7 Å². The van der Waals surface area contributed by atoms with Gasteiger partial charge in [0.05, 0.1) is 13.2 Å². The van der Waals surface area contributed by atoms with Gasteiger partial charge in [-0.1, -0.05) is 6.42 Å². The van der Waals surface area contributed by atoms with Crippen molar-refractivity contribution in [1.29, 1.82) is 0 Å². The van der Waals surface area contributed by atoms with Crippen LogP contribution in [0.15, 0.2) is 0 Å². The smallest absolute Gasteiger partial charge is 0.242 e. The first-order valence-electron chi connectivity index (χ1n) is 6.44. The molecular weight excluding hydrogens is 204 g/mol. The molecule has 2 aliphatic heterocycles. The summed E-state index contributed by atoms with van der Waals surface area (Å²) >= 11 is 0. The molecule has 0 bridgehead atoms. The molecule has 1 N–H and O–H groups in total. The number of likely N-dealkylation sites (tertiary alicyclic amines) is 1. The van der Waals surface area contributed by atoms with Crippen molar-refractivity contribution in [1.82, 2.24) is 10.2 Å². The molecule has 3 rings (SSSR count). The maximum absolute atomic E-state index is 12.2. The summed E-state index contributed by atoms with van der Waals surface area (Å²) in [5.74, 6) is 1.83. The lowest BCUT2D eigenvalue weighted by atomic mass is 10.0. The molecular formula is C12H20N2O2. The zero-order valence-electron chi connectivity index (χ0n) is 9.65. The Morgan fingerprint density at radius 2 is 2.00 bits per heavy atom. The van der Waals surface area contributed by atoms with Gasteiger partial charge < -0.3 is 15.0 Å². The van der Waals surface area contributed by atoms with Crippen LogP contribution in [0.3, 0.4) is 0 Å². The fourth-order valence-electron chi connectivity index (χ4n) is 3.36. The zero-order chi connectivity index (χ0) is 11.0. The van der Waals surface area contributed by atoms with Crippen LogP contribution >= 0.6 is 0 Å². The maximum Gasteiger partial charge on any atom is 0.242 e. The molecule has 2 heterocycles. The van der Waals surface area contributed by atoms with Gasteiger partial charge in [-0.3, -0.25) is 4.79 Å². The van der Waals surface area contributed by atoms with Crippen LogP contribution in [-0.4, -0.2) is 49.7 Å². The van der Waals surface area contributed by atoms with Gasteiger partial charge in [-0.2, -0.15) is 0 Å². The molecule has 3 fully saturated rings. The third-order valence-corrected chi connectivity index (χ3v) is 4.26. The predicted octanol–water partition coefficient (Wildman–Crippen LogP) is 0.233. The van der Waals surface area contributed by atoms with E-state index in [4.69, 9.17) is 4.74 Å². The van der Waals surface area contributed by atoms with E-state index >= 15 is 0 Å². The van der Waals surface area contributed by atoms with Gasteiger partial charge in [0, 0.05) is 19.6 Å². The molecule has 90 valence electrons. The van der Waals surface area contributed by atoms with E-state index in [-0.39, 0.29) is 11.9 Å². The van der Waals surface area contributed by atoms with E-state index in [1.54, 1.807) is 0 Å². The first kappa shape index (κ1) is 10.5. The predicted molar refractivity (Wildman–Crippen MR) is 60.0 cm³/mol. The minimum atomic E-state index is -0.0902. The molecule has 0 aromatic carbocycles. The quantitative estimate of drug-likeness (QED) is 0.693. The summed E-state index contributed by atoms with van der Waals surface area (Å²) in [5, 5.41) is 3.25. The summed E-state index contributed by atoms with van der Waals surface area (Å²) in [6, 6.07) is -0.0902. The number of amides is 1. The highest BCUT2D eigenvalue weighted by molar-refractivity contribution is 5.82. The average molecular weight is 224 g/mol. The molecule has 0 spiro atoms. The second-order valence-electron chi connectivity index (χ2n) is 5.28. The molecule has 16 heavy (non-hydrogen) atoms. The van der Waals surface area contributed by atoms with E-state index in [1.807, 2.05) is 0 Å². The number of hydrogen-bond donors (Lipinski definition) is 1. The standard InChI is InChI=1S/C12H20N2O2/c15-12(11-8-16-5-4-13-11)14-6-9-2-1-3-10(9)7-14/h9-11,13H,1-8H2. The van der Waals surface area contributed by atoms with E-state index in [9.17, 15) is 4.79 Å². The van der Waals surface area contributed by atoms with Gasteiger partial charge in [-0.25, -0.2) is 0 Å². The van der Waals surface area contributed by atoms with Crippen LogP contribution in [0.25, 0.3) is 0 Å². The highest BCUT2D eigenvalue weighted by Gasteiger charge is 2.39. The molecule has 1 aliphatic carbocycles. The third kappa shape index (κ3) is 1.84. The molecule has 0 radical (unpaired) electrons. The SMILES string of the molecule is O=C(C1COCCN1)N1CC2CCCC2C1. The molecule has 3 atom stereocenters. The van der Waals surface area contributed by atoms with Crippen LogP contribution in [0.2, 0.25) is 0 Å². The molecule has 2 saturated heterocycles. The Morgan fingerprint density at radius 1 is 1.25 bits per heavy atom. The topological polar surface area (TPSA) is 41.6 Å². The summed E-state index contributed by atoms with van der Waals surface area (Å²) in [5.41, 5.74) is 0. The minimum absolute atomic E-state index is 0.0902. The van der Waals surface area contributed by atoms with Crippen LogP contribution < -0.4 is 5.32 Å².